The molecule has 0 aliphatic heterocycles. The summed E-state index contributed by atoms with van der Waals surface area (Å²) >= 11 is 0. The van der Waals surface area contributed by atoms with Gasteiger partial charge in [0.2, 0.25) is 0 Å². The summed E-state index contributed by atoms with van der Waals surface area (Å²) in [6.07, 6.45) is 2.49. The van der Waals surface area contributed by atoms with Crippen molar-refractivity contribution in [2.24, 2.45) is 5.92 Å². The van der Waals surface area contributed by atoms with Crippen LogP contribution >= 0.6 is 0 Å². The zero-order chi connectivity index (χ0) is 13.5. The molecule has 0 fully saturated rings. The van der Waals surface area contributed by atoms with E-state index >= 15 is 0 Å². The van der Waals surface area contributed by atoms with Gasteiger partial charge in [0.25, 0.3) is 0 Å². The van der Waals surface area contributed by atoms with Crippen LogP contribution in [0.25, 0.3) is 0 Å². The number of hydrogen-bond acceptors (Lipinski definition) is 2. The third-order valence-corrected chi connectivity index (χ3v) is 3.64. The minimum Gasteiger partial charge on any atom is -0.491 e. The van der Waals surface area contributed by atoms with Crippen LogP contribution in [0.2, 0.25) is 0 Å². The molecule has 0 bridgehead atoms. The van der Waals surface area contributed by atoms with Gasteiger partial charge in [-0.2, -0.15) is 0 Å². The molecule has 0 spiro atoms. The number of benzene rings is 1. The van der Waals surface area contributed by atoms with E-state index in [1.165, 1.54) is 6.42 Å². The van der Waals surface area contributed by atoms with Crippen LogP contribution in [0, 0.1) is 5.92 Å². The Labute approximate surface area is 112 Å². The van der Waals surface area contributed by atoms with Crippen molar-refractivity contribution in [2.45, 2.75) is 59.6 Å². The summed E-state index contributed by atoms with van der Waals surface area (Å²) < 4.78 is 5.83. The van der Waals surface area contributed by atoms with Gasteiger partial charge < -0.3 is 10.1 Å². The molecule has 2 nitrogen and oxygen atoms in total. The smallest absolute Gasteiger partial charge is 0.121 e. The maximum Gasteiger partial charge on any atom is 0.121 e. The largest absolute Gasteiger partial charge is 0.491 e. The third kappa shape index (κ3) is 4.59. The monoisotopic (exact) mass is 249 g/mol. The summed E-state index contributed by atoms with van der Waals surface area (Å²) in [7, 11) is 0. The van der Waals surface area contributed by atoms with E-state index in [1.54, 1.807) is 0 Å². The van der Waals surface area contributed by atoms with E-state index in [-0.39, 0.29) is 6.10 Å². The van der Waals surface area contributed by atoms with Crippen molar-refractivity contribution in [1.29, 1.82) is 0 Å². The second-order valence-corrected chi connectivity index (χ2v) is 5.18. The predicted octanol–water partition coefficient (Wildman–Crippen LogP) is 4.71. The van der Waals surface area contributed by atoms with Crippen LogP contribution in [0.1, 0.15) is 47.5 Å². The lowest BCUT2D eigenvalue weighted by atomic mass is 10.0. The molecule has 1 N–H and O–H groups in total. The maximum absolute atomic E-state index is 5.83. The first-order valence-corrected chi connectivity index (χ1v) is 7.10. The fraction of sp³-hybridized carbons (Fsp3) is 0.625. The standard InChI is InChI=1S/C16H27NO/c1-6-12(3)14(5)17-15-9-8-10-16(11-15)18-13(4)7-2/h8-14,17H,6-7H2,1-5H3. The molecule has 2 heteroatoms. The highest BCUT2D eigenvalue weighted by Gasteiger charge is 2.10. The minimum atomic E-state index is 0.271. The van der Waals surface area contributed by atoms with E-state index < -0.39 is 0 Å². The predicted molar refractivity (Wildman–Crippen MR) is 79.4 cm³/mol. The molecule has 0 amide bonds. The second kappa shape index (κ2) is 7.30. The lowest BCUT2D eigenvalue weighted by molar-refractivity contribution is 0.217. The van der Waals surface area contributed by atoms with Crippen molar-refractivity contribution in [3.8, 4) is 5.75 Å². The Morgan fingerprint density at radius 1 is 1.11 bits per heavy atom. The van der Waals surface area contributed by atoms with Gasteiger partial charge in [0.1, 0.15) is 5.75 Å². The van der Waals surface area contributed by atoms with Crippen molar-refractivity contribution in [3.63, 3.8) is 0 Å². The highest BCUT2D eigenvalue weighted by atomic mass is 16.5. The summed E-state index contributed by atoms with van der Waals surface area (Å²) in [6.45, 7) is 11.0. The number of nitrogens with one attached hydrogen (secondary N) is 1. The quantitative estimate of drug-likeness (QED) is 0.755. The molecule has 0 aliphatic rings. The zero-order valence-corrected chi connectivity index (χ0v) is 12.4. The van der Waals surface area contributed by atoms with Crippen molar-refractivity contribution in [3.05, 3.63) is 24.3 Å². The van der Waals surface area contributed by atoms with Crippen LogP contribution in [-0.4, -0.2) is 12.1 Å². The minimum absolute atomic E-state index is 0.271. The van der Waals surface area contributed by atoms with Gasteiger partial charge in [-0.25, -0.2) is 0 Å². The molecule has 1 aromatic rings. The van der Waals surface area contributed by atoms with Crippen LogP contribution in [0.5, 0.6) is 5.75 Å². The Balaban J connectivity index is 2.64. The van der Waals surface area contributed by atoms with Crippen LogP contribution < -0.4 is 10.1 Å². The highest BCUT2D eigenvalue weighted by Crippen LogP contribution is 2.21. The molecule has 0 heterocycles. The molecule has 18 heavy (non-hydrogen) atoms. The third-order valence-electron chi connectivity index (χ3n) is 3.64. The van der Waals surface area contributed by atoms with Crippen LogP contribution in [0.3, 0.4) is 0 Å². The van der Waals surface area contributed by atoms with E-state index in [2.05, 4.69) is 52.1 Å². The topological polar surface area (TPSA) is 21.3 Å². The van der Waals surface area contributed by atoms with Crippen molar-refractivity contribution in [1.82, 2.24) is 0 Å². The summed E-state index contributed by atoms with van der Waals surface area (Å²) in [4.78, 5) is 0. The molecule has 0 saturated heterocycles. The van der Waals surface area contributed by atoms with Gasteiger partial charge in [-0.1, -0.05) is 33.3 Å². The number of ether oxygens (including phenoxy) is 1. The molecule has 1 aromatic carbocycles. The van der Waals surface area contributed by atoms with Gasteiger partial charge in [-0.05, 0) is 38.3 Å². The fourth-order valence-electron chi connectivity index (χ4n) is 1.73. The molecule has 0 aliphatic carbocycles. The molecule has 0 saturated carbocycles. The van der Waals surface area contributed by atoms with Crippen molar-refractivity contribution >= 4 is 5.69 Å². The summed E-state index contributed by atoms with van der Waals surface area (Å²) in [6, 6.07) is 8.73. The Morgan fingerprint density at radius 2 is 1.83 bits per heavy atom. The van der Waals surface area contributed by atoms with Crippen molar-refractivity contribution in [2.75, 3.05) is 5.32 Å². The van der Waals surface area contributed by atoms with Crippen LogP contribution in [-0.2, 0) is 0 Å². The lowest BCUT2D eigenvalue weighted by Crippen LogP contribution is -2.23. The van der Waals surface area contributed by atoms with E-state index in [0.29, 0.717) is 12.0 Å². The molecule has 1 rings (SSSR count). The zero-order valence-electron chi connectivity index (χ0n) is 12.4. The van der Waals surface area contributed by atoms with Gasteiger partial charge in [-0.15, -0.1) is 0 Å². The number of hydrogen-bond donors (Lipinski definition) is 1. The summed E-state index contributed by atoms with van der Waals surface area (Å²) in [5.41, 5.74) is 1.14. The summed E-state index contributed by atoms with van der Waals surface area (Å²) in [5.74, 6) is 1.62. The first-order valence-electron chi connectivity index (χ1n) is 7.10. The second-order valence-electron chi connectivity index (χ2n) is 5.18. The fourth-order valence-corrected chi connectivity index (χ4v) is 1.73. The van der Waals surface area contributed by atoms with Gasteiger partial charge in [0, 0.05) is 17.8 Å². The van der Waals surface area contributed by atoms with E-state index in [4.69, 9.17) is 4.74 Å². The first-order chi connectivity index (χ1) is 8.56. The van der Waals surface area contributed by atoms with Crippen molar-refractivity contribution < 1.29 is 4.74 Å². The normalized spacial score (nSPS) is 15.8. The lowest BCUT2D eigenvalue weighted by Gasteiger charge is -2.21. The maximum atomic E-state index is 5.83. The molecule has 3 unspecified atom stereocenters. The average Bonchev–Trinajstić information content (AvgIpc) is 2.37. The molecular formula is C16H27NO. The molecule has 3 atom stereocenters. The van der Waals surface area contributed by atoms with Crippen LogP contribution in [0.15, 0.2) is 24.3 Å². The van der Waals surface area contributed by atoms with E-state index in [1.807, 2.05) is 12.1 Å². The summed E-state index contributed by atoms with van der Waals surface area (Å²) in [5, 5.41) is 3.54. The average molecular weight is 249 g/mol. The van der Waals surface area contributed by atoms with Gasteiger partial charge in [0.05, 0.1) is 6.10 Å². The number of rotatable bonds is 7. The molecule has 0 radical (unpaired) electrons. The van der Waals surface area contributed by atoms with E-state index in [0.717, 1.165) is 17.9 Å². The SMILES string of the molecule is CCC(C)Oc1cccc(NC(C)C(C)CC)c1. The Bertz CT molecular complexity index is 351. The highest BCUT2D eigenvalue weighted by molar-refractivity contribution is 5.48. The van der Waals surface area contributed by atoms with Gasteiger partial charge >= 0.3 is 0 Å². The first kappa shape index (κ1) is 14.9. The van der Waals surface area contributed by atoms with Gasteiger partial charge in [-0.3, -0.25) is 0 Å². The molecule has 102 valence electrons. The Morgan fingerprint density at radius 3 is 2.44 bits per heavy atom. The Kier molecular flexibility index (Phi) is 6.03. The van der Waals surface area contributed by atoms with Crippen LogP contribution in [0.4, 0.5) is 5.69 Å². The number of anilines is 1. The molecule has 0 aromatic heterocycles. The van der Waals surface area contributed by atoms with E-state index in [9.17, 15) is 0 Å². The Hall–Kier alpha value is -1.18. The van der Waals surface area contributed by atoms with Gasteiger partial charge in [0.15, 0.2) is 0 Å². The molecular weight excluding hydrogens is 222 g/mol.